The van der Waals surface area contributed by atoms with Gasteiger partial charge in [0, 0.05) is 9.79 Å². The van der Waals surface area contributed by atoms with E-state index >= 15 is 0 Å². The van der Waals surface area contributed by atoms with Gasteiger partial charge in [0.1, 0.15) is 0 Å². The summed E-state index contributed by atoms with van der Waals surface area (Å²) in [5.41, 5.74) is 0. The second-order valence-electron chi connectivity index (χ2n) is 7.43. The molecule has 0 saturated heterocycles. The minimum absolute atomic E-state index is 0.240. The van der Waals surface area contributed by atoms with Gasteiger partial charge >= 0.3 is 0 Å². The summed E-state index contributed by atoms with van der Waals surface area (Å²) >= 11 is 4.18. The van der Waals surface area contributed by atoms with Crippen molar-refractivity contribution in [2.45, 2.75) is 53.4 Å². The molecule has 2 aromatic carbocycles. The molecule has 0 aliphatic carbocycles. The molecule has 2 rings (SSSR count). The molecule has 0 fully saturated rings. The van der Waals surface area contributed by atoms with Gasteiger partial charge in [-0.05, 0) is 36.6 Å². The maximum absolute atomic E-state index is 2.52. The van der Waals surface area contributed by atoms with Crippen LogP contribution < -0.4 is 0 Å². The fraction of sp³-hybridized carbons (Fsp3) is 0.400. The molecule has 0 atom stereocenters. The van der Waals surface area contributed by atoms with Crippen molar-refractivity contribution in [3.63, 3.8) is 0 Å². The quantitative estimate of drug-likeness (QED) is 0.291. The van der Waals surface area contributed by atoms with Crippen molar-refractivity contribution in [3.05, 3.63) is 60.7 Å². The summed E-state index contributed by atoms with van der Waals surface area (Å²) in [5, 5.41) is 0. The highest BCUT2D eigenvalue weighted by atomic mass is 32.2. The Kier molecular flexibility index (Phi) is 6.46. The summed E-state index contributed by atoms with van der Waals surface area (Å²) in [7, 11) is -1.44. The molecule has 0 saturated carbocycles. The molecule has 0 radical (unpaired) electrons. The third-order valence-corrected chi connectivity index (χ3v) is 13.2. The first-order valence-electron chi connectivity index (χ1n) is 8.30. The average molecular weight is 361 g/mol. The summed E-state index contributed by atoms with van der Waals surface area (Å²) in [4.78, 5) is 2.78. The number of benzene rings is 2. The number of thioether (sulfide) groups is 2. The topological polar surface area (TPSA) is 0 Å². The fourth-order valence-electron chi connectivity index (χ4n) is 2.61. The van der Waals surface area contributed by atoms with Crippen molar-refractivity contribution in [1.29, 1.82) is 0 Å². The van der Waals surface area contributed by atoms with Gasteiger partial charge in [-0.25, -0.2) is 0 Å². The summed E-state index contributed by atoms with van der Waals surface area (Å²) in [6.07, 6.45) is 1.24. The van der Waals surface area contributed by atoms with Crippen LogP contribution in [-0.4, -0.2) is 11.8 Å². The average Bonchev–Trinajstić information content (AvgIpc) is 2.47. The monoisotopic (exact) mass is 360 g/mol. The Morgan fingerprint density at radius 3 is 1.48 bits per heavy atom. The third-order valence-electron chi connectivity index (χ3n) is 3.87. The molecule has 23 heavy (non-hydrogen) atoms. The molecule has 2 aromatic rings. The Balaban J connectivity index is 2.41. The summed E-state index contributed by atoms with van der Waals surface area (Å²) in [5.74, 6) is 0.689. The van der Waals surface area contributed by atoms with Gasteiger partial charge < -0.3 is 0 Å². The van der Waals surface area contributed by atoms with Crippen molar-refractivity contribution >= 4 is 31.6 Å². The van der Waals surface area contributed by atoms with E-state index < -0.39 is 8.07 Å². The molecule has 124 valence electrons. The van der Waals surface area contributed by atoms with Crippen LogP contribution in [0.25, 0.3) is 0 Å². The molecule has 0 amide bonds. The van der Waals surface area contributed by atoms with Crippen LogP contribution in [0.15, 0.2) is 70.5 Å². The van der Waals surface area contributed by atoms with Crippen LogP contribution in [0.3, 0.4) is 0 Å². The van der Waals surface area contributed by atoms with Crippen molar-refractivity contribution in [2.24, 2.45) is 5.92 Å². The Morgan fingerprint density at radius 2 is 1.17 bits per heavy atom. The first kappa shape index (κ1) is 18.7. The Bertz CT molecular complexity index is 547. The Labute approximate surface area is 151 Å². The molecule has 0 nitrogen and oxygen atoms in total. The van der Waals surface area contributed by atoms with E-state index in [1.807, 2.05) is 0 Å². The lowest BCUT2D eigenvalue weighted by Gasteiger charge is -2.44. The first-order valence-corrected chi connectivity index (χ1v) is 13.4. The van der Waals surface area contributed by atoms with Gasteiger partial charge in [-0.15, -0.1) is 23.5 Å². The normalized spacial score (nSPS) is 12.6. The van der Waals surface area contributed by atoms with Gasteiger partial charge in [0.05, 0.1) is 11.8 Å². The Morgan fingerprint density at radius 1 is 0.783 bits per heavy atom. The third kappa shape index (κ3) is 5.17. The molecule has 0 bridgehead atoms. The number of hydrogen-bond donors (Lipinski definition) is 0. The van der Waals surface area contributed by atoms with Crippen LogP contribution in [0.5, 0.6) is 0 Å². The maximum atomic E-state index is 2.52. The zero-order valence-corrected chi connectivity index (χ0v) is 17.5. The smallest absolute Gasteiger partial charge is 0.0761 e. The summed E-state index contributed by atoms with van der Waals surface area (Å²) in [6, 6.07) is 21.8. The minimum Gasteiger partial charge on any atom is -0.111 e. The predicted molar refractivity (Wildman–Crippen MR) is 110 cm³/mol. The molecule has 0 unspecified atom stereocenters. The minimum atomic E-state index is -1.44. The van der Waals surface area contributed by atoms with E-state index in [2.05, 4.69) is 118 Å². The summed E-state index contributed by atoms with van der Waals surface area (Å²) < 4.78 is 0.240. The lowest BCUT2D eigenvalue weighted by atomic mass is 10.2. The van der Waals surface area contributed by atoms with Crippen LogP contribution in [0.4, 0.5) is 0 Å². The standard InChI is InChI=1S/C20H28S2Si/c1-17(2)16-20(23(3,4)5,21-18-12-8-6-9-13-18)22-19-14-10-7-11-15-19/h6-15,17H,16H2,1-5H3. The molecule has 0 aliphatic rings. The van der Waals surface area contributed by atoms with Crippen LogP contribution in [0, 0.1) is 5.92 Å². The first-order chi connectivity index (χ1) is 10.8. The van der Waals surface area contributed by atoms with Gasteiger partial charge in [-0.3, -0.25) is 0 Å². The van der Waals surface area contributed by atoms with Gasteiger partial charge in [0.25, 0.3) is 0 Å². The molecule has 3 heteroatoms. The van der Waals surface area contributed by atoms with Crippen LogP contribution in [-0.2, 0) is 0 Å². The number of rotatable bonds is 7. The second-order valence-corrected chi connectivity index (χ2v) is 16.5. The Hall–Kier alpha value is -0.643. The van der Waals surface area contributed by atoms with Crippen LogP contribution in [0.1, 0.15) is 20.3 Å². The molecule has 0 aromatic heterocycles. The highest BCUT2D eigenvalue weighted by Crippen LogP contribution is 2.54. The molecule has 0 spiro atoms. The predicted octanol–water partition coefficient (Wildman–Crippen LogP) is 7.19. The molecular formula is C20H28S2Si. The lowest BCUT2D eigenvalue weighted by Crippen LogP contribution is -2.47. The fourth-order valence-corrected chi connectivity index (χ4v) is 9.71. The van der Waals surface area contributed by atoms with E-state index in [-0.39, 0.29) is 3.70 Å². The SMILES string of the molecule is CC(C)CC(Sc1ccccc1)(Sc1ccccc1)[Si](C)(C)C. The van der Waals surface area contributed by atoms with Gasteiger partial charge in [-0.1, -0.05) is 69.9 Å². The highest BCUT2D eigenvalue weighted by Gasteiger charge is 2.45. The molecule has 0 aliphatic heterocycles. The zero-order chi connectivity index (χ0) is 16.9. The van der Waals surface area contributed by atoms with E-state index in [1.165, 1.54) is 16.2 Å². The van der Waals surface area contributed by atoms with E-state index in [4.69, 9.17) is 0 Å². The highest BCUT2D eigenvalue weighted by molar-refractivity contribution is 8.20. The largest absolute Gasteiger partial charge is 0.111 e. The van der Waals surface area contributed by atoms with Crippen molar-refractivity contribution in [3.8, 4) is 0 Å². The number of hydrogen-bond acceptors (Lipinski definition) is 2. The van der Waals surface area contributed by atoms with E-state index in [0.29, 0.717) is 5.92 Å². The summed E-state index contributed by atoms with van der Waals surface area (Å²) in [6.45, 7) is 12.3. The van der Waals surface area contributed by atoms with Gasteiger partial charge in [0.2, 0.25) is 0 Å². The molecular weight excluding hydrogens is 332 g/mol. The van der Waals surface area contributed by atoms with Crippen LogP contribution in [0.2, 0.25) is 19.6 Å². The van der Waals surface area contributed by atoms with Crippen molar-refractivity contribution in [2.75, 3.05) is 0 Å². The second kappa shape index (κ2) is 7.95. The van der Waals surface area contributed by atoms with E-state index in [0.717, 1.165) is 0 Å². The van der Waals surface area contributed by atoms with Crippen LogP contribution >= 0.6 is 23.5 Å². The van der Waals surface area contributed by atoms with Gasteiger partial charge in [-0.2, -0.15) is 0 Å². The van der Waals surface area contributed by atoms with E-state index in [1.54, 1.807) is 0 Å². The van der Waals surface area contributed by atoms with Crippen molar-refractivity contribution in [1.82, 2.24) is 0 Å². The molecule has 0 heterocycles. The zero-order valence-electron chi connectivity index (χ0n) is 14.9. The lowest BCUT2D eigenvalue weighted by molar-refractivity contribution is 0.595. The van der Waals surface area contributed by atoms with Gasteiger partial charge in [0.15, 0.2) is 0 Å². The maximum Gasteiger partial charge on any atom is 0.0761 e. The molecule has 0 N–H and O–H groups in total. The van der Waals surface area contributed by atoms with E-state index in [9.17, 15) is 0 Å². The van der Waals surface area contributed by atoms with Crippen molar-refractivity contribution < 1.29 is 0 Å².